The molecule has 7 N–H and O–H groups in total. The van der Waals surface area contributed by atoms with Crippen molar-refractivity contribution in [3.63, 3.8) is 0 Å². The molecule has 0 rings (SSSR count). The number of methoxy groups -OCH3 is 2. The van der Waals surface area contributed by atoms with Crippen LogP contribution in [0.25, 0.3) is 0 Å². The lowest BCUT2D eigenvalue weighted by atomic mass is 10.3. The Hall–Kier alpha value is -0.760. The summed E-state index contributed by atoms with van der Waals surface area (Å²) in [5, 5.41) is 66.1. The second kappa shape index (κ2) is 37.8. The molecular weight excluding hydrogens is 724 g/mol. The number of rotatable bonds is 42. The molecule has 0 aromatic heterocycles. The first-order chi connectivity index (χ1) is 26.1. The third kappa shape index (κ3) is 32.3. The van der Waals surface area contributed by atoms with Crippen molar-refractivity contribution in [2.45, 2.75) is 81.6 Å². The van der Waals surface area contributed by atoms with Gasteiger partial charge in [-0.05, 0) is 26.7 Å². The van der Waals surface area contributed by atoms with Crippen LogP contribution in [0.4, 0.5) is 0 Å². The molecule has 19 nitrogen and oxygen atoms in total. The fourth-order valence-electron chi connectivity index (χ4n) is 4.22. The van der Waals surface area contributed by atoms with Crippen LogP contribution in [-0.2, 0) is 56.8 Å². The van der Waals surface area contributed by atoms with Crippen LogP contribution in [0, 0.1) is 0 Å². The van der Waals surface area contributed by atoms with Crippen molar-refractivity contribution in [1.82, 2.24) is 0 Å². The van der Waals surface area contributed by atoms with E-state index in [9.17, 15) is 30.6 Å². The molecule has 0 heterocycles. The Bertz CT molecular complexity index is 768. The van der Waals surface area contributed by atoms with Gasteiger partial charge in [0.1, 0.15) is 42.7 Å². The fourth-order valence-corrected chi connectivity index (χ4v) is 4.22. The second-order valence-corrected chi connectivity index (χ2v) is 12.7. The van der Waals surface area contributed by atoms with Crippen LogP contribution in [0.3, 0.4) is 0 Å². The normalized spacial score (nSPS) is 17.2. The lowest BCUT2D eigenvalue weighted by Gasteiger charge is -2.26. The zero-order valence-corrected chi connectivity index (χ0v) is 32.8. The van der Waals surface area contributed by atoms with Gasteiger partial charge in [0.25, 0.3) is 0 Å². The molecule has 0 aliphatic heterocycles. The van der Waals surface area contributed by atoms with Gasteiger partial charge >= 0.3 is 0 Å². The summed E-state index contributed by atoms with van der Waals surface area (Å²) in [6.45, 7) is 4.54. The fraction of sp³-hybridized carbons (Fsp3) is 1.00. The molecule has 0 aromatic rings. The molecule has 0 aromatic carbocycles. The molecule has 326 valence electrons. The highest BCUT2D eigenvalue weighted by molar-refractivity contribution is 4.66. The zero-order chi connectivity index (χ0) is 40.2. The Morgan fingerprint density at radius 2 is 0.889 bits per heavy atom. The van der Waals surface area contributed by atoms with Crippen molar-refractivity contribution in [3.8, 4) is 0 Å². The monoisotopic (exact) mass is 796 g/mol. The van der Waals surface area contributed by atoms with E-state index in [2.05, 4.69) is 0 Å². The average Bonchev–Trinajstić information content (AvgIpc) is 3.15. The average molecular weight is 797 g/mol. The van der Waals surface area contributed by atoms with Gasteiger partial charge < -0.3 is 92.6 Å². The maximum Gasteiger partial charge on any atom is 0.104 e. The first-order valence-corrected chi connectivity index (χ1v) is 18.6. The zero-order valence-electron chi connectivity index (χ0n) is 32.8. The first kappa shape index (κ1) is 53.2. The van der Waals surface area contributed by atoms with Crippen LogP contribution in [0.5, 0.6) is 0 Å². The minimum Gasteiger partial charge on any atom is -0.396 e. The topological polar surface area (TPSA) is 252 Å². The van der Waals surface area contributed by atoms with Crippen LogP contribution >= 0.6 is 0 Å². The number of ether oxygens (including phenoxy) is 12. The number of hydrogen-bond donors (Lipinski definition) is 7. The van der Waals surface area contributed by atoms with Gasteiger partial charge in [-0.2, -0.15) is 0 Å². The Kier molecular flexibility index (Phi) is 37.3. The predicted molar refractivity (Wildman–Crippen MR) is 192 cm³/mol. The van der Waals surface area contributed by atoms with Crippen molar-refractivity contribution >= 4 is 0 Å². The number of aliphatic hydroxyl groups is 7. The molecule has 0 aliphatic rings. The Morgan fingerprint density at radius 3 is 1.44 bits per heavy atom. The summed E-state index contributed by atoms with van der Waals surface area (Å²) >= 11 is 0. The molecule has 0 amide bonds. The summed E-state index contributed by atoms with van der Waals surface area (Å²) in [6, 6.07) is 0. The molecule has 9 unspecified atom stereocenters. The van der Waals surface area contributed by atoms with Crippen LogP contribution < -0.4 is 0 Å². The van der Waals surface area contributed by atoms with E-state index in [-0.39, 0.29) is 119 Å². The van der Waals surface area contributed by atoms with Gasteiger partial charge in [0.2, 0.25) is 0 Å². The van der Waals surface area contributed by atoms with E-state index >= 15 is 0 Å². The lowest BCUT2D eigenvalue weighted by Crippen LogP contribution is -2.37. The van der Waals surface area contributed by atoms with E-state index < -0.39 is 61.5 Å². The van der Waals surface area contributed by atoms with Crippen LogP contribution in [-0.4, -0.2) is 237 Å². The van der Waals surface area contributed by atoms with Crippen molar-refractivity contribution in [1.29, 1.82) is 0 Å². The molecule has 0 saturated heterocycles. The van der Waals surface area contributed by atoms with Crippen molar-refractivity contribution in [2.24, 2.45) is 0 Å². The summed E-state index contributed by atoms with van der Waals surface area (Å²) in [6.07, 6.45) is -4.78. The number of hydrogen-bond acceptors (Lipinski definition) is 19. The van der Waals surface area contributed by atoms with E-state index in [0.717, 1.165) is 0 Å². The number of aliphatic hydroxyl groups excluding tert-OH is 7. The van der Waals surface area contributed by atoms with Gasteiger partial charge in [-0.1, -0.05) is 0 Å². The maximum atomic E-state index is 9.89. The third-order valence-corrected chi connectivity index (χ3v) is 7.18. The second-order valence-electron chi connectivity index (χ2n) is 12.7. The van der Waals surface area contributed by atoms with Crippen LogP contribution in [0.15, 0.2) is 0 Å². The van der Waals surface area contributed by atoms with E-state index in [1.165, 1.54) is 14.2 Å². The molecule has 9 atom stereocenters. The first-order valence-electron chi connectivity index (χ1n) is 18.6. The predicted octanol–water partition coefficient (Wildman–Crippen LogP) is -2.47. The highest BCUT2D eigenvalue weighted by Gasteiger charge is 2.21. The van der Waals surface area contributed by atoms with Crippen molar-refractivity contribution in [3.05, 3.63) is 0 Å². The SMILES string of the molecule is COCC(O)COCC(COCC(C)OCC(COCC(COCCCO)OCC(O)CO)OCC(COCC(C)O)OCCCO)OCC(CO)OC. The molecule has 0 aliphatic carbocycles. The molecule has 19 heteroatoms. The highest BCUT2D eigenvalue weighted by atomic mass is 16.6. The molecule has 0 saturated carbocycles. The summed E-state index contributed by atoms with van der Waals surface area (Å²) in [7, 11) is 2.95. The van der Waals surface area contributed by atoms with E-state index in [1.807, 2.05) is 6.92 Å². The maximum absolute atomic E-state index is 9.89. The van der Waals surface area contributed by atoms with Gasteiger partial charge in [-0.3, -0.25) is 0 Å². The van der Waals surface area contributed by atoms with Crippen molar-refractivity contribution in [2.75, 3.05) is 146 Å². The lowest BCUT2D eigenvalue weighted by molar-refractivity contribution is -0.138. The molecular formula is C35H72O19. The molecule has 0 bridgehead atoms. The smallest absolute Gasteiger partial charge is 0.104 e. The van der Waals surface area contributed by atoms with Crippen molar-refractivity contribution < 1.29 is 92.6 Å². The van der Waals surface area contributed by atoms with Gasteiger partial charge in [-0.25, -0.2) is 0 Å². The molecule has 0 spiro atoms. The highest BCUT2D eigenvalue weighted by Crippen LogP contribution is 2.08. The summed E-state index contributed by atoms with van der Waals surface area (Å²) in [5.74, 6) is 0. The van der Waals surface area contributed by atoms with Gasteiger partial charge in [0.05, 0.1) is 118 Å². The van der Waals surface area contributed by atoms with Gasteiger partial charge in [-0.15, -0.1) is 0 Å². The quantitative estimate of drug-likeness (QED) is 0.0316. The summed E-state index contributed by atoms with van der Waals surface area (Å²) in [5.41, 5.74) is 0. The minimum atomic E-state index is -1.07. The molecule has 0 radical (unpaired) electrons. The van der Waals surface area contributed by atoms with Gasteiger partial charge in [0.15, 0.2) is 0 Å². The Labute approximate surface area is 320 Å². The van der Waals surface area contributed by atoms with E-state index in [1.54, 1.807) is 6.92 Å². The standard InChI is InChI=1S/C35H72O19/c1-27(40)13-46-22-34(50-10-6-8-37)26-54-35(23-49-21-32(18-45-9-5-7-36)52-17-29(41)11-38)25-51-28(2)14-47-19-33(53-24-31(12-39)44-4)20-48-16-30(42)15-43-3/h27-42H,5-26H2,1-4H3. The van der Waals surface area contributed by atoms with Crippen LogP contribution in [0.2, 0.25) is 0 Å². The largest absolute Gasteiger partial charge is 0.396 e. The Balaban J connectivity index is 5.39. The van der Waals surface area contributed by atoms with Gasteiger partial charge in [0, 0.05) is 40.6 Å². The van der Waals surface area contributed by atoms with Crippen LogP contribution in [0.1, 0.15) is 26.7 Å². The summed E-state index contributed by atoms with van der Waals surface area (Å²) < 4.78 is 68.2. The summed E-state index contributed by atoms with van der Waals surface area (Å²) in [4.78, 5) is 0. The molecule has 0 fully saturated rings. The van der Waals surface area contributed by atoms with E-state index in [0.29, 0.717) is 19.4 Å². The van der Waals surface area contributed by atoms with E-state index in [4.69, 9.17) is 61.9 Å². The Morgan fingerprint density at radius 1 is 0.407 bits per heavy atom. The minimum absolute atomic E-state index is 0.0228. The third-order valence-electron chi connectivity index (χ3n) is 7.18. The molecule has 54 heavy (non-hydrogen) atoms.